The number of rotatable bonds is 1. The van der Waals surface area contributed by atoms with Crippen LogP contribution >= 0.6 is 0 Å². The minimum Gasteiger partial charge on any atom is -0.386 e. The molecule has 0 spiro atoms. The molecule has 0 fully saturated rings. The molecule has 3 atom stereocenters. The number of hydrogen-bond acceptors (Lipinski definition) is 3. The van der Waals surface area contributed by atoms with Gasteiger partial charge in [-0.3, -0.25) is 4.68 Å². The molecular weight excluding hydrogens is 288 g/mol. The number of aliphatic hydroxyl groups excluding tert-OH is 1. The third kappa shape index (κ3) is 1.77. The summed E-state index contributed by atoms with van der Waals surface area (Å²) in [6, 6.07) is 10.6. The third-order valence-corrected chi connectivity index (χ3v) is 5.29. The Hall–Kier alpha value is -2.40. The van der Waals surface area contributed by atoms with Crippen molar-refractivity contribution in [3.8, 4) is 11.3 Å². The van der Waals surface area contributed by atoms with E-state index < -0.39 is 6.10 Å². The summed E-state index contributed by atoms with van der Waals surface area (Å²) in [5.74, 6) is 0.129. The third-order valence-electron chi connectivity index (χ3n) is 5.29. The Morgan fingerprint density at radius 1 is 1.17 bits per heavy atom. The predicted molar refractivity (Wildman–Crippen MR) is 85.7 cm³/mol. The number of aryl methyl sites for hydroxylation is 1. The molecule has 2 aromatic heterocycles. The van der Waals surface area contributed by atoms with Crippen molar-refractivity contribution in [2.75, 3.05) is 0 Å². The summed E-state index contributed by atoms with van der Waals surface area (Å²) in [6.07, 6.45) is 7.10. The van der Waals surface area contributed by atoms with Gasteiger partial charge < -0.3 is 9.67 Å². The highest BCUT2D eigenvalue weighted by Gasteiger charge is 2.39. The van der Waals surface area contributed by atoms with Crippen LogP contribution in [0.15, 0.2) is 49.1 Å². The van der Waals surface area contributed by atoms with Gasteiger partial charge in [0.25, 0.3) is 0 Å². The zero-order valence-electron chi connectivity index (χ0n) is 12.7. The number of nitrogens with zero attached hydrogens (tertiary/aromatic N) is 4. The lowest BCUT2D eigenvalue weighted by Crippen LogP contribution is -2.23. The largest absolute Gasteiger partial charge is 0.386 e. The lowest BCUT2D eigenvalue weighted by Gasteiger charge is -2.28. The summed E-state index contributed by atoms with van der Waals surface area (Å²) < 4.78 is 4.17. The van der Waals surface area contributed by atoms with Crippen LogP contribution in [0.4, 0.5) is 0 Å². The standard InChI is InChI=1S/C18H18N4O/c23-18-14(6-3-9-22-15(18)7-8-20-22)17-13-5-2-1-4-12(13)16-10-19-11-21(16)17/h1-2,4-5,7-8,10-11,14,17-18,23H,3,6,9H2/t14-,17-,18+/m1/s1. The van der Waals surface area contributed by atoms with Gasteiger partial charge in [-0.15, -0.1) is 0 Å². The molecular formula is C18H18N4O. The molecule has 0 saturated heterocycles. The second-order valence-corrected chi connectivity index (χ2v) is 6.45. The van der Waals surface area contributed by atoms with Gasteiger partial charge in [0, 0.05) is 24.2 Å². The van der Waals surface area contributed by atoms with E-state index in [0.717, 1.165) is 30.8 Å². The van der Waals surface area contributed by atoms with Crippen molar-refractivity contribution in [3.63, 3.8) is 0 Å². The first-order valence-electron chi connectivity index (χ1n) is 8.15. The molecule has 0 bridgehead atoms. The summed E-state index contributed by atoms with van der Waals surface area (Å²) in [7, 11) is 0. The normalized spacial score (nSPS) is 25.5. The van der Waals surface area contributed by atoms with Gasteiger partial charge in [0.15, 0.2) is 0 Å². The van der Waals surface area contributed by atoms with Crippen molar-refractivity contribution >= 4 is 0 Å². The molecule has 23 heavy (non-hydrogen) atoms. The Kier molecular flexibility index (Phi) is 2.73. The average Bonchev–Trinajstić information content (AvgIpc) is 3.25. The van der Waals surface area contributed by atoms with Gasteiger partial charge >= 0.3 is 0 Å². The molecule has 1 N–H and O–H groups in total. The summed E-state index contributed by atoms with van der Waals surface area (Å²) >= 11 is 0. The highest BCUT2D eigenvalue weighted by atomic mass is 16.3. The van der Waals surface area contributed by atoms with Crippen LogP contribution in [-0.4, -0.2) is 24.4 Å². The SMILES string of the molecule is O[C@@H]1c2ccnn2CCC[C@@H]1[C@H]1c2ccccc2-c2cncn21. The molecule has 2 aliphatic heterocycles. The number of hydrogen-bond donors (Lipinski definition) is 1. The summed E-state index contributed by atoms with van der Waals surface area (Å²) in [6.45, 7) is 0.876. The number of imidazole rings is 1. The smallest absolute Gasteiger partial charge is 0.101 e. The van der Waals surface area contributed by atoms with Crippen molar-refractivity contribution in [1.29, 1.82) is 0 Å². The van der Waals surface area contributed by atoms with Gasteiger partial charge in [-0.1, -0.05) is 24.3 Å². The maximum absolute atomic E-state index is 11.0. The molecule has 1 aromatic carbocycles. The fourth-order valence-electron chi connectivity index (χ4n) is 4.28. The highest BCUT2D eigenvalue weighted by molar-refractivity contribution is 5.69. The van der Waals surface area contributed by atoms with E-state index in [1.807, 2.05) is 23.3 Å². The number of aliphatic hydroxyl groups is 1. The van der Waals surface area contributed by atoms with Crippen LogP contribution in [0, 0.1) is 5.92 Å². The molecule has 0 saturated carbocycles. The van der Waals surface area contributed by atoms with E-state index in [1.165, 1.54) is 11.1 Å². The van der Waals surface area contributed by atoms with E-state index in [2.05, 4.69) is 38.9 Å². The predicted octanol–water partition coefficient (Wildman–Crippen LogP) is 2.79. The first-order chi connectivity index (χ1) is 11.3. The fourth-order valence-corrected chi connectivity index (χ4v) is 4.28. The molecule has 2 aliphatic rings. The topological polar surface area (TPSA) is 55.9 Å². The Balaban J connectivity index is 1.65. The Labute approximate surface area is 134 Å². The molecule has 5 rings (SSSR count). The van der Waals surface area contributed by atoms with Gasteiger partial charge in [0.05, 0.1) is 30.0 Å². The van der Waals surface area contributed by atoms with Crippen LogP contribution in [0.3, 0.4) is 0 Å². The van der Waals surface area contributed by atoms with E-state index in [4.69, 9.17) is 0 Å². The monoisotopic (exact) mass is 306 g/mol. The minimum absolute atomic E-state index is 0.129. The maximum Gasteiger partial charge on any atom is 0.101 e. The second-order valence-electron chi connectivity index (χ2n) is 6.45. The van der Waals surface area contributed by atoms with Crippen molar-refractivity contribution in [1.82, 2.24) is 19.3 Å². The van der Waals surface area contributed by atoms with Crippen LogP contribution in [0.25, 0.3) is 11.3 Å². The van der Waals surface area contributed by atoms with E-state index in [-0.39, 0.29) is 12.0 Å². The molecule has 0 radical (unpaired) electrons. The fraction of sp³-hybridized carbons (Fsp3) is 0.333. The van der Waals surface area contributed by atoms with Crippen molar-refractivity contribution < 1.29 is 5.11 Å². The summed E-state index contributed by atoms with van der Waals surface area (Å²) in [4.78, 5) is 4.33. The number of fused-ring (bicyclic) bond motifs is 4. The molecule has 116 valence electrons. The van der Waals surface area contributed by atoms with Crippen LogP contribution in [0.2, 0.25) is 0 Å². The summed E-state index contributed by atoms with van der Waals surface area (Å²) in [5, 5.41) is 15.4. The zero-order valence-corrected chi connectivity index (χ0v) is 12.7. The van der Waals surface area contributed by atoms with E-state index in [9.17, 15) is 5.11 Å². The first kappa shape index (κ1) is 13.1. The Bertz CT molecular complexity index is 865. The van der Waals surface area contributed by atoms with Gasteiger partial charge in [0.2, 0.25) is 0 Å². The Morgan fingerprint density at radius 3 is 3.04 bits per heavy atom. The van der Waals surface area contributed by atoms with E-state index in [1.54, 1.807) is 6.20 Å². The first-order valence-corrected chi connectivity index (χ1v) is 8.15. The summed E-state index contributed by atoms with van der Waals surface area (Å²) in [5.41, 5.74) is 4.61. The Morgan fingerprint density at radius 2 is 2.09 bits per heavy atom. The molecule has 0 aliphatic carbocycles. The minimum atomic E-state index is -0.508. The molecule has 3 aromatic rings. The van der Waals surface area contributed by atoms with Crippen LogP contribution in [0.5, 0.6) is 0 Å². The molecule has 0 unspecified atom stereocenters. The molecule has 0 amide bonds. The lowest BCUT2D eigenvalue weighted by molar-refractivity contribution is 0.0799. The van der Waals surface area contributed by atoms with Crippen LogP contribution in [-0.2, 0) is 6.54 Å². The zero-order chi connectivity index (χ0) is 15.4. The van der Waals surface area contributed by atoms with Crippen molar-refractivity contribution in [2.45, 2.75) is 31.5 Å². The average molecular weight is 306 g/mol. The van der Waals surface area contributed by atoms with Crippen molar-refractivity contribution in [2.24, 2.45) is 5.92 Å². The molecule has 5 heteroatoms. The highest BCUT2D eigenvalue weighted by Crippen LogP contribution is 2.48. The van der Waals surface area contributed by atoms with Crippen LogP contribution in [0.1, 0.15) is 36.2 Å². The van der Waals surface area contributed by atoms with Gasteiger partial charge in [-0.25, -0.2) is 4.98 Å². The lowest BCUT2D eigenvalue weighted by atomic mass is 9.84. The van der Waals surface area contributed by atoms with Gasteiger partial charge in [0.1, 0.15) is 6.10 Å². The quantitative estimate of drug-likeness (QED) is 0.752. The second kappa shape index (κ2) is 4.80. The molecule has 4 heterocycles. The molecule has 5 nitrogen and oxygen atoms in total. The van der Waals surface area contributed by atoms with Gasteiger partial charge in [-0.2, -0.15) is 5.10 Å². The number of aromatic nitrogens is 4. The van der Waals surface area contributed by atoms with E-state index >= 15 is 0 Å². The van der Waals surface area contributed by atoms with Crippen molar-refractivity contribution in [3.05, 3.63) is 60.3 Å². The van der Waals surface area contributed by atoms with Gasteiger partial charge in [-0.05, 0) is 24.5 Å². The maximum atomic E-state index is 11.0. The van der Waals surface area contributed by atoms with Crippen LogP contribution < -0.4 is 0 Å². The van der Waals surface area contributed by atoms with E-state index in [0.29, 0.717) is 0 Å². The number of benzene rings is 1.